The molecule has 1 aromatic rings. The molecule has 0 saturated heterocycles. The SMILES string of the molecule is CCn1cc(NC(=O)C2(/C(N)=N/O)CCC2)cn1. The molecule has 7 heteroatoms. The summed E-state index contributed by atoms with van der Waals surface area (Å²) in [5, 5.41) is 18.6. The largest absolute Gasteiger partial charge is 0.409 e. The van der Waals surface area contributed by atoms with E-state index in [9.17, 15) is 4.79 Å². The Morgan fingerprint density at radius 2 is 2.44 bits per heavy atom. The second-order valence-corrected chi connectivity index (χ2v) is 4.46. The molecule has 0 bridgehead atoms. The number of carbonyl (C=O) groups is 1. The van der Waals surface area contributed by atoms with E-state index in [1.807, 2.05) is 6.92 Å². The highest BCUT2D eigenvalue weighted by atomic mass is 16.4. The van der Waals surface area contributed by atoms with Crippen LogP contribution in [-0.4, -0.2) is 26.7 Å². The lowest BCUT2D eigenvalue weighted by Gasteiger charge is -2.38. The van der Waals surface area contributed by atoms with Crippen LogP contribution in [-0.2, 0) is 11.3 Å². The molecule has 0 spiro atoms. The topological polar surface area (TPSA) is 106 Å². The van der Waals surface area contributed by atoms with Gasteiger partial charge in [0.25, 0.3) is 0 Å². The maximum Gasteiger partial charge on any atom is 0.238 e. The number of amides is 1. The van der Waals surface area contributed by atoms with Gasteiger partial charge in [-0.2, -0.15) is 5.10 Å². The molecular formula is C11H17N5O2. The van der Waals surface area contributed by atoms with Gasteiger partial charge < -0.3 is 16.3 Å². The van der Waals surface area contributed by atoms with E-state index in [1.165, 1.54) is 0 Å². The van der Waals surface area contributed by atoms with Gasteiger partial charge in [0.05, 0.1) is 11.9 Å². The quantitative estimate of drug-likeness (QED) is 0.318. The number of aryl methyl sites for hydroxylation is 1. The number of nitrogens with two attached hydrogens (primary N) is 1. The molecule has 98 valence electrons. The minimum atomic E-state index is -0.858. The zero-order chi connectivity index (χ0) is 13.2. The Labute approximate surface area is 105 Å². The van der Waals surface area contributed by atoms with Crippen molar-refractivity contribution in [3.8, 4) is 0 Å². The number of oxime groups is 1. The molecule has 1 fully saturated rings. The van der Waals surface area contributed by atoms with Crippen molar-refractivity contribution in [1.29, 1.82) is 0 Å². The number of amidine groups is 1. The van der Waals surface area contributed by atoms with Crippen LogP contribution in [0.4, 0.5) is 5.69 Å². The van der Waals surface area contributed by atoms with Crippen molar-refractivity contribution >= 4 is 17.4 Å². The van der Waals surface area contributed by atoms with Crippen LogP contribution >= 0.6 is 0 Å². The van der Waals surface area contributed by atoms with Crippen molar-refractivity contribution in [2.75, 3.05) is 5.32 Å². The van der Waals surface area contributed by atoms with Crippen LogP contribution in [0.1, 0.15) is 26.2 Å². The van der Waals surface area contributed by atoms with Crippen LogP contribution in [0.5, 0.6) is 0 Å². The van der Waals surface area contributed by atoms with Gasteiger partial charge in [-0.25, -0.2) is 0 Å². The summed E-state index contributed by atoms with van der Waals surface area (Å²) in [4.78, 5) is 12.2. The molecule has 1 saturated carbocycles. The summed E-state index contributed by atoms with van der Waals surface area (Å²) in [5.74, 6) is -0.256. The molecule has 0 aromatic carbocycles. The monoisotopic (exact) mass is 251 g/mol. The van der Waals surface area contributed by atoms with Crippen molar-refractivity contribution < 1.29 is 10.0 Å². The first-order valence-electron chi connectivity index (χ1n) is 5.94. The van der Waals surface area contributed by atoms with Gasteiger partial charge in [0.15, 0.2) is 5.84 Å². The van der Waals surface area contributed by atoms with E-state index in [-0.39, 0.29) is 11.7 Å². The molecule has 18 heavy (non-hydrogen) atoms. The Kier molecular flexibility index (Phi) is 3.22. The third-order valence-corrected chi connectivity index (χ3v) is 3.45. The summed E-state index contributed by atoms with van der Waals surface area (Å²) < 4.78 is 1.71. The molecule has 0 aliphatic heterocycles. The number of nitrogens with one attached hydrogen (secondary N) is 1. The second-order valence-electron chi connectivity index (χ2n) is 4.46. The lowest BCUT2D eigenvalue weighted by Crippen LogP contribution is -2.51. The number of rotatable bonds is 4. The fourth-order valence-electron chi connectivity index (χ4n) is 2.08. The normalized spacial score (nSPS) is 18.2. The van der Waals surface area contributed by atoms with Crippen LogP contribution in [0.2, 0.25) is 0 Å². The lowest BCUT2D eigenvalue weighted by atomic mass is 9.67. The highest BCUT2D eigenvalue weighted by molar-refractivity contribution is 6.12. The average molecular weight is 251 g/mol. The third kappa shape index (κ3) is 1.92. The van der Waals surface area contributed by atoms with Gasteiger partial charge >= 0.3 is 0 Å². The summed E-state index contributed by atoms with van der Waals surface area (Å²) in [5.41, 5.74) is 5.38. The number of carbonyl (C=O) groups excluding carboxylic acids is 1. The minimum Gasteiger partial charge on any atom is -0.409 e. The van der Waals surface area contributed by atoms with Crippen LogP contribution in [0.3, 0.4) is 0 Å². The van der Waals surface area contributed by atoms with Gasteiger partial charge in [-0.15, -0.1) is 0 Å². The van der Waals surface area contributed by atoms with Crippen LogP contribution in [0.15, 0.2) is 17.5 Å². The molecular weight excluding hydrogens is 234 g/mol. The van der Waals surface area contributed by atoms with Crippen molar-refractivity contribution in [2.45, 2.75) is 32.7 Å². The standard InChI is InChI=1S/C11H17N5O2/c1-2-16-7-8(6-13-16)14-10(17)11(4-3-5-11)9(12)15-18/h6-7,18H,2-5H2,1H3,(H2,12,15)(H,14,17). The average Bonchev–Trinajstić information content (AvgIpc) is 2.75. The molecule has 1 amide bonds. The number of nitrogens with zero attached hydrogens (tertiary/aromatic N) is 3. The Morgan fingerprint density at radius 3 is 2.89 bits per heavy atom. The summed E-state index contributed by atoms with van der Waals surface area (Å²) in [7, 11) is 0. The highest BCUT2D eigenvalue weighted by Crippen LogP contribution is 2.42. The molecule has 2 rings (SSSR count). The van der Waals surface area contributed by atoms with E-state index in [4.69, 9.17) is 10.9 Å². The van der Waals surface area contributed by atoms with Crippen LogP contribution in [0, 0.1) is 5.41 Å². The molecule has 0 atom stereocenters. The highest BCUT2D eigenvalue weighted by Gasteiger charge is 2.48. The second kappa shape index (κ2) is 4.67. The van der Waals surface area contributed by atoms with Crippen LogP contribution in [0.25, 0.3) is 0 Å². The van der Waals surface area contributed by atoms with E-state index in [2.05, 4.69) is 15.6 Å². The van der Waals surface area contributed by atoms with Crippen molar-refractivity contribution in [1.82, 2.24) is 9.78 Å². The Hall–Kier alpha value is -2.05. The van der Waals surface area contributed by atoms with Gasteiger partial charge in [-0.3, -0.25) is 9.48 Å². The summed E-state index contributed by atoms with van der Waals surface area (Å²) >= 11 is 0. The molecule has 7 nitrogen and oxygen atoms in total. The number of anilines is 1. The number of hydrogen-bond acceptors (Lipinski definition) is 4. The first-order valence-corrected chi connectivity index (χ1v) is 5.94. The van der Waals surface area contributed by atoms with E-state index in [1.54, 1.807) is 17.1 Å². The Bertz CT molecular complexity index is 476. The van der Waals surface area contributed by atoms with Gasteiger partial charge in [0.2, 0.25) is 5.91 Å². The zero-order valence-corrected chi connectivity index (χ0v) is 10.3. The molecule has 0 unspecified atom stereocenters. The third-order valence-electron chi connectivity index (χ3n) is 3.45. The van der Waals surface area contributed by atoms with Crippen molar-refractivity contribution in [2.24, 2.45) is 16.3 Å². The van der Waals surface area contributed by atoms with Gasteiger partial charge in [-0.1, -0.05) is 11.6 Å². The van der Waals surface area contributed by atoms with Crippen LogP contribution < -0.4 is 11.1 Å². The summed E-state index contributed by atoms with van der Waals surface area (Å²) in [6.45, 7) is 2.70. The van der Waals surface area contributed by atoms with E-state index < -0.39 is 5.41 Å². The predicted octanol–water partition coefficient (Wildman–Crippen LogP) is 0.758. The Morgan fingerprint density at radius 1 is 1.72 bits per heavy atom. The molecule has 1 aliphatic rings. The predicted molar refractivity (Wildman–Crippen MR) is 66.2 cm³/mol. The maximum atomic E-state index is 12.2. The van der Waals surface area contributed by atoms with Gasteiger partial charge in [0.1, 0.15) is 5.41 Å². The fourth-order valence-corrected chi connectivity index (χ4v) is 2.08. The zero-order valence-electron chi connectivity index (χ0n) is 10.3. The maximum absolute atomic E-state index is 12.2. The summed E-state index contributed by atoms with van der Waals surface area (Å²) in [6, 6.07) is 0. The number of hydrogen-bond donors (Lipinski definition) is 3. The fraction of sp³-hybridized carbons (Fsp3) is 0.545. The molecule has 1 aromatic heterocycles. The molecule has 4 N–H and O–H groups in total. The molecule has 1 aliphatic carbocycles. The smallest absolute Gasteiger partial charge is 0.238 e. The minimum absolute atomic E-state index is 0.0193. The molecule has 0 radical (unpaired) electrons. The van der Waals surface area contributed by atoms with E-state index >= 15 is 0 Å². The van der Waals surface area contributed by atoms with Crippen molar-refractivity contribution in [3.05, 3.63) is 12.4 Å². The summed E-state index contributed by atoms with van der Waals surface area (Å²) in [6.07, 6.45) is 5.45. The first-order chi connectivity index (χ1) is 8.62. The molecule has 1 heterocycles. The van der Waals surface area contributed by atoms with Crippen molar-refractivity contribution in [3.63, 3.8) is 0 Å². The van der Waals surface area contributed by atoms with E-state index in [0.29, 0.717) is 18.5 Å². The number of aromatic nitrogens is 2. The van der Waals surface area contributed by atoms with Gasteiger partial charge in [-0.05, 0) is 19.8 Å². The first kappa shape index (κ1) is 12.4. The lowest BCUT2D eigenvalue weighted by molar-refractivity contribution is -0.125. The van der Waals surface area contributed by atoms with E-state index in [0.717, 1.165) is 13.0 Å². The Balaban J connectivity index is 2.11. The van der Waals surface area contributed by atoms with Gasteiger partial charge in [0, 0.05) is 12.7 Å².